The van der Waals surface area contributed by atoms with Gasteiger partial charge in [0, 0.05) is 0 Å². The van der Waals surface area contributed by atoms with Crippen molar-refractivity contribution in [3.8, 4) is 0 Å². The molecule has 0 fully saturated rings. The van der Waals surface area contributed by atoms with E-state index < -0.39 is 0 Å². The molecule has 0 rings (SSSR count). The molecule has 0 heterocycles. The van der Waals surface area contributed by atoms with Gasteiger partial charge < -0.3 is 0 Å². The molecule has 0 aromatic rings. The molecule has 0 nitrogen and oxygen atoms in total. The minimum atomic E-state index is 0.711. The summed E-state index contributed by atoms with van der Waals surface area (Å²) in [5.41, 5.74) is 0. The van der Waals surface area contributed by atoms with E-state index in [0.29, 0.717) is 3.50 Å². The van der Waals surface area contributed by atoms with Crippen LogP contribution in [0.4, 0.5) is 0 Å². The molecule has 0 bridgehead atoms. The molecule has 0 aliphatic carbocycles. The molecule has 0 aliphatic heterocycles. The molecular weight excluding hydrogens is 135 g/mol. The Morgan fingerprint density at radius 3 is 2.33 bits per heavy atom. The van der Waals surface area contributed by atoms with Crippen molar-refractivity contribution in [2.24, 2.45) is 0 Å². The van der Waals surface area contributed by atoms with Gasteiger partial charge in [0.2, 0.25) is 0 Å². The van der Waals surface area contributed by atoms with Crippen LogP contribution in [-0.4, -0.2) is 21.2 Å². The number of halogens is 1. The molecule has 1 atom stereocenters. The molecule has 6 heavy (non-hydrogen) atoms. The molecule has 0 N–H and O–H groups in total. The van der Waals surface area contributed by atoms with Crippen molar-refractivity contribution < 1.29 is 0 Å². The van der Waals surface area contributed by atoms with E-state index in [1.165, 1.54) is 12.8 Å². The summed E-state index contributed by atoms with van der Waals surface area (Å²) in [4.78, 5) is 0. The van der Waals surface area contributed by atoms with Crippen molar-refractivity contribution in [2.45, 2.75) is 23.3 Å². The summed E-state index contributed by atoms with van der Waals surface area (Å²) in [5, 5.41) is 0. The summed E-state index contributed by atoms with van der Waals surface area (Å²) in [6.45, 7) is 2.19. The van der Waals surface area contributed by atoms with Crippen LogP contribution in [0.2, 0.25) is 0 Å². The fraction of sp³-hybridized carbons (Fsp3) is 1.00. The van der Waals surface area contributed by atoms with Crippen molar-refractivity contribution in [2.75, 3.05) is 0 Å². The first kappa shape index (κ1) is 7.08. The molecule has 2 heteroatoms. The Bertz CT molecular complexity index is 28.7. The average Bonchev–Trinajstić information content (AvgIpc) is 1.35. The summed E-state index contributed by atoms with van der Waals surface area (Å²) in [5.74, 6) is 0. The number of alkyl halides is 1. The zero-order chi connectivity index (χ0) is 4.99. The molecule has 0 saturated heterocycles. The number of hydrogen-bond donors (Lipinski definition) is 0. The van der Waals surface area contributed by atoms with Crippen LogP contribution in [0.25, 0.3) is 0 Å². The second kappa shape index (κ2) is 4.24. The Labute approximate surface area is 57.0 Å². The maximum atomic E-state index is 3.43. The van der Waals surface area contributed by atoms with Crippen molar-refractivity contribution in [3.63, 3.8) is 0 Å². The van der Waals surface area contributed by atoms with E-state index in [-0.39, 0.29) is 0 Å². The van der Waals surface area contributed by atoms with E-state index in [1.807, 2.05) is 0 Å². The Morgan fingerprint density at radius 1 is 1.83 bits per heavy atom. The molecule has 0 aliphatic rings. The third-order valence-electron chi connectivity index (χ3n) is 0.686. The van der Waals surface area contributed by atoms with Crippen LogP contribution in [0.1, 0.15) is 19.8 Å². The van der Waals surface area contributed by atoms with Crippen LogP contribution in [0.5, 0.6) is 0 Å². The first-order valence-corrected chi connectivity index (χ1v) is 3.33. The Balaban J connectivity index is 2.63. The van der Waals surface area contributed by atoms with Gasteiger partial charge >= 0.3 is 56.9 Å². The van der Waals surface area contributed by atoms with E-state index in [2.05, 4.69) is 40.6 Å². The van der Waals surface area contributed by atoms with Gasteiger partial charge in [-0.05, 0) is 0 Å². The first-order chi connectivity index (χ1) is 2.77. The zero-order valence-electron chi connectivity index (χ0n) is 4.37. The van der Waals surface area contributed by atoms with Crippen molar-refractivity contribution in [1.82, 2.24) is 0 Å². The van der Waals surface area contributed by atoms with Crippen LogP contribution in [0.3, 0.4) is 0 Å². The predicted molar refractivity (Wildman–Crippen MR) is 33.4 cm³/mol. The van der Waals surface area contributed by atoms with Gasteiger partial charge in [-0.1, -0.05) is 0 Å². The van der Waals surface area contributed by atoms with Crippen molar-refractivity contribution >= 4 is 33.6 Å². The van der Waals surface area contributed by atoms with Gasteiger partial charge in [-0.25, -0.2) is 0 Å². The molecule has 0 amide bonds. The fourth-order valence-corrected chi connectivity index (χ4v) is 0.856. The van der Waals surface area contributed by atoms with Crippen LogP contribution < -0.4 is 0 Å². The first-order valence-electron chi connectivity index (χ1n) is 2.41. The van der Waals surface area contributed by atoms with Gasteiger partial charge in [0.25, 0.3) is 0 Å². The van der Waals surface area contributed by atoms with Crippen molar-refractivity contribution in [1.29, 1.82) is 0 Å². The Kier molecular flexibility index (Phi) is 5.00. The third kappa shape index (κ3) is 5.08. The van der Waals surface area contributed by atoms with Crippen LogP contribution in [-0.2, 0) is 0 Å². The summed E-state index contributed by atoms with van der Waals surface area (Å²) >= 11 is 5.60. The van der Waals surface area contributed by atoms with Gasteiger partial charge in [0.05, 0.1) is 0 Å². The summed E-state index contributed by atoms with van der Waals surface area (Å²) < 4.78 is 0.711. The molecule has 0 aromatic heterocycles. The van der Waals surface area contributed by atoms with Gasteiger partial charge in [-0.15, -0.1) is 0 Å². The maximum absolute atomic E-state index is 3.43. The van der Waals surface area contributed by atoms with Crippen LogP contribution in [0.15, 0.2) is 0 Å². The van der Waals surface area contributed by atoms with E-state index >= 15 is 0 Å². The molecule has 0 radical (unpaired) electrons. The number of rotatable bonds is 2. The van der Waals surface area contributed by atoms with Gasteiger partial charge in [0.15, 0.2) is 0 Å². The zero-order valence-corrected chi connectivity index (χ0v) is 5.96. The molecule has 0 saturated carbocycles. The summed E-state index contributed by atoms with van der Waals surface area (Å²) in [6.07, 6.45) is 2.58. The third-order valence-corrected chi connectivity index (χ3v) is 1.14. The number of hydrogen-bond acceptors (Lipinski definition) is 0. The van der Waals surface area contributed by atoms with Crippen molar-refractivity contribution in [3.05, 3.63) is 0 Å². The van der Waals surface area contributed by atoms with E-state index in [4.69, 9.17) is 0 Å². The molecule has 32 valence electrons. The second-order valence-corrected chi connectivity index (χ2v) is 3.13. The molecular formula is C4H8BrLi. The quantitative estimate of drug-likeness (QED) is 0.407. The predicted octanol–water partition coefficient (Wildman–Crippen LogP) is 1.68. The van der Waals surface area contributed by atoms with Gasteiger partial charge in [-0.3, -0.25) is 0 Å². The SMILES string of the molecule is [Li][CH](Br)CCC. The normalized spacial score (nSPS) is 14.7. The Morgan fingerprint density at radius 2 is 2.33 bits per heavy atom. The molecule has 0 spiro atoms. The topological polar surface area (TPSA) is 0 Å². The Hall–Kier alpha value is 1.08. The summed E-state index contributed by atoms with van der Waals surface area (Å²) in [7, 11) is 0. The second-order valence-electron chi connectivity index (χ2n) is 1.57. The molecule has 0 aromatic carbocycles. The van der Waals surface area contributed by atoms with E-state index in [0.717, 1.165) is 0 Å². The monoisotopic (exact) mass is 142 g/mol. The van der Waals surface area contributed by atoms with Crippen LogP contribution in [0, 0.1) is 0 Å². The minimum absolute atomic E-state index is 0.711. The van der Waals surface area contributed by atoms with Gasteiger partial charge in [-0.2, -0.15) is 0 Å². The van der Waals surface area contributed by atoms with Gasteiger partial charge in [0.1, 0.15) is 0 Å². The van der Waals surface area contributed by atoms with Crippen LogP contribution >= 0.6 is 15.9 Å². The van der Waals surface area contributed by atoms with E-state index in [9.17, 15) is 0 Å². The fourth-order valence-electron chi connectivity index (χ4n) is 0.398. The molecule has 1 unspecified atom stereocenters. The average molecular weight is 143 g/mol. The van der Waals surface area contributed by atoms with E-state index in [1.54, 1.807) is 0 Å². The summed E-state index contributed by atoms with van der Waals surface area (Å²) in [6, 6.07) is 0. The standard InChI is InChI=1S/C4H8Br.Li/c1-2-3-4-5;/h4H,2-3H2,1H3;.